The first-order valence-electron chi connectivity index (χ1n) is 10.1. The molecule has 2 aromatic rings. The smallest absolute Gasteiger partial charge is 0.221 e. The molecule has 156 valence electrons. The minimum Gasteiger partial charge on any atom is -0.486 e. The molecule has 0 radical (unpaired) electrons. The van der Waals surface area contributed by atoms with Gasteiger partial charge in [0.1, 0.15) is 13.2 Å². The van der Waals surface area contributed by atoms with Crippen molar-refractivity contribution in [1.29, 1.82) is 0 Å². The number of amides is 1. The molecule has 5 nitrogen and oxygen atoms in total. The van der Waals surface area contributed by atoms with E-state index in [1.807, 2.05) is 36.4 Å². The van der Waals surface area contributed by atoms with Crippen molar-refractivity contribution in [3.63, 3.8) is 0 Å². The first-order valence-corrected chi connectivity index (χ1v) is 10.1. The molecular weight excluding hydrogens is 388 g/mol. The van der Waals surface area contributed by atoms with E-state index in [1.165, 1.54) is 18.4 Å². The maximum absolute atomic E-state index is 12.6. The molecule has 1 aliphatic heterocycles. The van der Waals surface area contributed by atoms with Gasteiger partial charge in [0, 0.05) is 24.4 Å². The van der Waals surface area contributed by atoms with E-state index in [4.69, 9.17) is 15.2 Å². The molecule has 1 aliphatic carbocycles. The highest BCUT2D eigenvalue weighted by atomic mass is 35.5. The minimum atomic E-state index is -0.282. The van der Waals surface area contributed by atoms with E-state index in [2.05, 4.69) is 17.4 Å². The number of benzene rings is 2. The summed E-state index contributed by atoms with van der Waals surface area (Å²) in [5.41, 5.74) is 8.38. The lowest BCUT2D eigenvalue weighted by molar-refractivity contribution is -0.121. The lowest BCUT2D eigenvalue weighted by atomic mass is 9.78. The molecule has 1 amide bonds. The summed E-state index contributed by atoms with van der Waals surface area (Å²) in [6, 6.07) is 15.7. The number of rotatable bonds is 6. The molecule has 2 aliphatic rings. The van der Waals surface area contributed by atoms with Gasteiger partial charge in [0.15, 0.2) is 11.5 Å². The molecule has 0 aromatic heterocycles. The summed E-state index contributed by atoms with van der Waals surface area (Å²) >= 11 is 0. The summed E-state index contributed by atoms with van der Waals surface area (Å²) in [7, 11) is 0. The van der Waals surface area contributed by atoms with E-state index in [9.17, 15) is 4.79 Å². The molecule has 29 heavy (non-hydrogen) atoms. The quantitative estimate of drug-likeness (QED) is 0.749. The zero-order chi connectivity index (χ0) is 19.4. The SMILES string of the molecule is Cl.NC(CC(=O)NCC1(c2ccc3c(c2)OCCO3)CCCC1)c1ccccc1. The number of carbonyl (C=O) groups excluding carboxylic acids is 1. The van der Waals surface area contributed by atoms with Gasteiger partial charge in [0.25, 0.3) is 0 Å². The van der Waals surface area contributed by atoms with Gasteiger partial charge in [-0.1, -0.05) is 49.2 Å². The average Bonchev–Trinajstić information content (AvgIpc) is 3.23. The van der Waals surface area contributed by atoms with Crippen LogP contribution in [0, 0.1) is 0 Å². The van der Waals surface area contributed by atoms with Crippen LogP contribution in [0.25, 0.3) is 0 Å². The van der Waals surface area contributed by atoms with Crippen LogP contribution >= 0.6 is 12.4 Å². The fourth-order valence-corrected chi connectivity index (χ4v) is 4.35. The first-order chi connectivity index (χ1) is 13.7. The molecule has 4 rings (SSSR count). The fourth-order valence-electron chi connectivity index (χ4n) is 4.35. The molecule has 2 aromatic carbocycles. The Morgan fingerprint density at radius 3 is 2.45 bits per heavy atom. The summed E-state index contributed by atoms with van der Waals surface area (Å²) in [4.78, 5) is 12.6. The second-order valence-electron chi connectivity index (χ2n) is 7.84. The molecule has 1 unspecified atom stereocenters. The van der Waals surface area contributed by atoms with E-state index in [0.29, 0.717) is 26.2 Å². The second kappa shape index (κ2) is 9.51. The van der Waals surface area contributed by atoms with Crippen molar-refractivity contribution in [3.8, 4) is 11.5 Å². The molecule has 1 heterocycles. The minimum absolute atomic E-state index is 0. The zero-order valence-corrected chi connectivity index (χ0v) is 17.4. The van der Waals surface area contributed by atoms with E-state index in [1.54, 1.807) is 0 Å². The van der Waals surface area contributed by atoms with Gasteiger partial charge in [-0.25, -0.2) is 0 Å². The number of fused-ring (bicyclic) bond motifs is 1. The number of hydrogen-bond donors (Lipinski definition) is 2. The largest absolute Gasteiger partial charge is 0.486 e. The summed E-state index contributed by atoms with van der Waals surface area (Å²) in [5.74, 6) is 1.62. The summed E-state index contributed by atoms with van der Waals surface area (Å²) < 4.78 is 11.4. The van der Waals surface area contributed by atoms with Gasteiger partial charge < -0.3 is 20.5 Å². The normalized spacial score (nSPS) is 17.8. The van der Waals surface area contributed by atoms with Crippen molar-refractivity contribution in [2.75, 3.05) is 19.8 Å². The van der Waals surface area contributed by atoms with Gasteiger partial charge in [0.2, 0.25) is 5.91 Å². The monoisotopic (exact) mass is 416 g/mol. The Bertz CT molecular complexity index is 822. The van der Waals surface area contributed by atoms with Crippen molar-refractivity contribution in [3.05, 3.63) is 59.7 Å². The lowest BCUT2D eigenvalue weighted by Crippen LogP contribution is -2.40. The van der Waals surface area contributed by atoms with Gasteiger partial charge in [-0.2, -0.15) is 0 Å². The molecule has 6 heteroatoms. The molecule has 1 atom stereocenters. The van der Waals surface area contributed by atoms with Crippen molar-refractivity contribution < 1.29 is 14.3 Å². The molecule has 1 saturated carbocycles. The molecule has 0 bridgehead atoms. The standard InChI is InChI=1S/C23H28N2O3.ClH/c24-19(17-6-2-1-3-7-17)15-22(26)25-16-23(10-4-5-11-23)18-8-9-20-21(14-18)28-13-12-27-20;/h1-3,6-9,14,19H,4-5,10-13,15-16,24H2,(H,25,26);1H. The fraction of sp³-hybridized carbons (Fsp3) is 0.435. The summed E-state index contributed by atoms with van der Waals surface area (Å²) in [5, 5.41) is 3.15. The Morgan fingerprint density at radius 2 is 1.72 bits per heavy atom. The number of carbonyl (C=O) groups is 1. The van der Waals surface area contributed by atoms with Crippen LogP contribution in [-0.2, 0) is 10.2 Å². The van der Waals surface area contributed by atoms with Gasteiger partial charge in [-0.05, 0) is 36.1 Å². The highest BCUT2D eigenvalue weighted by Gasteiger charge is 2.36. The van der Waals surface area contributed by atoms with Crippen molar-refractivity contribution >= 4 is 18.3 Å². The summed E-state index contributed by atoms with van der Waals surface area (Å²) in [6.45, 7) is 1.81. The van der Waals surface area contributed by atoms with Gasteiger partial charge in [0.05, 0.1) is 0 Å². The van der Waals surface area contributed by atoms with Crippen molar-refractivity contribution in [2.45, 2.75) is 43.6 Å². The van der Waals surface area contributed by atoms with Gasteiger partial charge in [-0.3, -0.25) is 4.79 Å². The Labute approximate surface area is 178 Å². The highest BCUT2D eigenvalue weighted by Crippen LogP contribution is 2.43. The van der Waals surface area contributed by atoms with Crippen LogP contribution in [0.1, 0.15) is 49.3 Å². The van der Waals surface area contributed by atoms with E-state index >= 15 is 0 Å². The molecule has 0 spiro atoms. The topological polar surface area (TPSA) is 73.6 Å². The lowest BCUT2D eigenvalue weighted by Gasteiger charge is -2.31. The van der Waals surface area contributed by atoms with E-state index < -0.39 is 0 Å². The van der Waals surface area contributed by atoms with Crippen LogP contribution in [0.5, 0.6) is 11.5 Å². The maximum Gasteiger partial charge on any atom is 0.221 e. The van der Waals surface area contributed by atoms with Crippen molar-refractivity contribution in [2.24, 2.45) is 5.73 Å². The molecule has 1 fully saturated rings. The number of ether oxygens (including phenoxy) is 2. The zero-order valence-electron chi connectivity index (χ0n) is 16.6. The number of nitrogens with two attached hydrogens (primary N) is 1. The van der Waals surface area contributed by atoms with E-state index in [-0.39, 0.29) is 29.8 Å². The van der Waals surface area contributed by atoms with Gasteiger partial charge in [-0.15, -0.1) is 12.4 Å². The van der Waals surface area contributed by atoms with E-state index in [0.717, 1.165) is 29.9 Å². The maximum atomic E-state index is 12.6. The predicted molar refractivity (Wildman–Crippen MR) is 116 cm³/mol. The molecular formula is C23H29ClN2O3. The van der Waals surface area contributed by atoms with Crippen LogP contribution in [-0.4, -0.2) is 25.7 Å². The number of hydrogen-bond acceptors (Lipinski definition) is 4. The van der Waals surface area contributed by atoms with Crippen LogP contribution < -0.4 is 20.5 Å². The Morgan fingerprint density at radius 1 is 1.03 bits per heavy atom. The number of halogens is 1. The van der Waals surface area contributed by atoms with Crippen LogP contribution in [0.4, 0.5) is 0 Å². The number of nitrogens with one attached hydrogen (secondary N) is 1. The summed E-state index contributed by atoms with van der Waals surface area (Å²) in [6.07, 6.45) is 4.78. The third-order valence-electron chi connectivity index (χ3n) is 5.97. The predicted octanol–water partition coefficient (Wildman–Crippen LogP) is 3.90. The first kappa shape index (κ1) is 21.5. The van der Waals surface area contributed by atoms with Gasteiger partial charge >= 0.3 is 0 Å². The average molecular weight is 417 g/mol. The second-order valence-corrected chi connectivity index (χ2v) is 7.84. The van der Waals surface area contributed by atoms with Crippen LogP contribution in [0.2, 0.25) is 0 Å². The highest BCUT2D eigenvalue weighted by molar-refractivity contribution is 5.85. The molecule has 3 N–H and O–H groups in total. The Kier molecular flexibility index (Phi) is 7.04. The molecule has 0 saturated heterocycles. The third-order valence-corrected chi connectivity index (χ3v) is 5.97. The Balaban J connectivity index is 0.00000240. The third kappa shape index (κ3) is 4.85. The van der Waals surface area contributed by atoms with Crippen LogP contribution in [0.15, 0.2) is 48.5 Å². The van der Waals surface area contributed by atoms with Crippen molar-refractivity contribution in [1.82, 2.24) is 5.32 Å². The van der Waals surface area contributed by atoms with Crippen LogP contribution in [0.3, 0.4) is 0 Å². The Hall–Kier alpha value is -2.24.